The number of hydrogen-bond acceptors (Lipinski definition) is 4. The zero-order valence-corrected chi connectivity index (χ0v) is 14.8. The molecule has 0 bridgehead atoms. The minimum absolute atomic E-state index is 0.114. The summed E-state index contributed by atoms with van der Waals surface area (Å²) >= 11 is 0. The highest BCUT2D eigenvalue weighted by Gasteiger charge is 2.35. The van der Waals surface area contributed by atoms with E-state index in [-0.39, 0.29) is 48.0 Å². The van der Waals surface area contributed by atoms with Gasteiger partial charge in [0.2, 0.25) is 0 Å². The smallest absolute Gasteiger partial charge is 0.332 e. The number of carbonyl (C=O) groups is 4. The first-order chi connectivity index (χ1) is 12.1. The van der Waals surface area contributed by atoms with E-state index in [2.05, 4.69) is 0 Å². The summed E-state index contributed by atoms with van der Waals surface area (Å²) in [5, 5.41) is 38.2. The number of rotatable bonds is 7. The quantitative estimate of drug-likeness (QED) is 0.535. The molecule has 0 fully saturated rings. The Morgan fingerprint density at radius 1 is 0.769 bits per heavy atom. The van der Waals surface area contributed by atoms with Crippen LogP contribution in [0.25, 0.3) is 0 Å². The normalized spacial score (nSPS) is 27.2. The zero-order chi connectivity index (χ0) is 20.0. The fourth-order valence-electron chi connectivity index (χ4n) is 3.42. The second-order valence-electron chi connectivity index (χ2n) is 6.44. The Bertz CT molecular complexity index is 671. The number of carboxylic acids is 4. The highest BCUT2D eigenvalue weighted by molar-refractivity contribution is 6.01. The molecule has 4 N–H and O–H groups in total. The van der Waals surface area contributed by atoms with Crippen LogP contribution in [0.1, 0.15) is 52.4 Å². The van der Waals surface area contributed by atoms with Crippen molar-refractivity contribution in [3.05, 3.63) is 22.3 Å². The Morgan fingerprint density at radius 3 is 1.62 bits per heavy atom. The van der Waals surface area contributed by atoms with Gasteiger partial charge >= 0.3 is 23.9 Å². The van der Waals surface area contributed by atoms with E-state index in [1.165, 1.54) is 0 Å². The standard InChI is InChI=1S/C18H24O8/c1-3-5-10-8-12(16(21)22)11(15(19)20)6-9(4-2)7-13(17(23)24)14(10)18(25)26/h9-10H,3-8H2,1-2H3,(H,19,20)(H,21,22)(H,23,24)(H,25,26)/b12-11-,14-13-/t9-,10-/m1/s1. The van der Waals surface area contributed by atoms with Crippen LogP contribution < -0.4 is 0 Å². The monoisotopic (exact) mass is 368 g/mol. The van der Waals surface area contributed by atoms with Crippen LogP contribution in [0, 0.1) is 11.8 Å². The van der Waals surface area contributed by atoms with Gasteiger partial charge < -0.3 is 20.4 Å². The summed E-state index contributed by atoms with van der Waals surface area (Å²) in [7, 11) is 0. The Balaban J connectivity index is 3.73. The van der Waals surface area contributed by atoms with Gasteiger partial charge in [-0.25, -0.2) is 19.2 Å². The van der Waals surface area contributed by atoms with Crippen LogP contribution >= 0.6 is 0 Å². The van der Waals surface area contributed by atoms with Gasteiger partial charge in [-0.2, -0.15) is 0 Å². The van der Waals surface area contributed by atoms with Gasteiger partial charge in [-0.1, -0.05) is 26.7 Å². The molecule has 0 saturated heterocycles. The molecule has 0 amide bonds. The van der Waals surface area contributed by atoms with E-state index in [4.69, 9.17) is 0 Å². The number of carboxylic acid groups (broad SMARTS) is 4. The average Bonchev–Trinajstić information content (AvgIpc) is 2.60. The lowest BCUT2D eigenvalue weighted by Gasteiger charge is -2.20. The van der Waals surface area contributed by atoms with Crippen LogP contribution in [0.2, 0.25) is 0 Å². The van der Waals surface area contributed by atoms with Crippen LogP contribution in [0.5, 0.6) is 0 Å². The molecule has 144 valence electrons. The predicted octanol–water partition coefficient (Wildman–Crippen LogP) is 2.54. The van der Waals surface area contributed by atoms with Crippen molar-refractivity contribution in [2.75, 3.05) is 0 Å². The Morgan fingerprint density at radius 2 is 1.23 bits per heavy atom. The molecule has 8 heteroatoms. The highest BCUT2D eigenvalue weighted by atomic mass is 16.4. The molecule has 0 aliphatic heterocycles. The molecule has 0 heterocycles. The minimum atomic E-state index is -1.41. The molecular formula is C18H24O8. The van der Waals surface area contributed by atoms with E-state index < -0.39 is 35.7 Å². The summed E-state index contributed by atoms with van der Waals surface area (Å²) in [6, 6.07) is 0. The van der Waals surface area contributed by atoms with Gasteiger partial charge in [0.1, 0.15) is 0 Å². The Kier molecular flexibility index (Phi) is 7.55. The first-order valence-electron chi connectivity index (χ1n) is 8.52. The van der Waals surface area contributed by atoms with Crippen molar-refractivity contribution in [1.29, 1.82) is 0 Å². The zero-order valence-electron chi connectivity index (χ0n) is 14.8. The summed E-state index contributed by atoms with van der Waals surface area (Å²) in [5.74, 6) is -6.90. The van der Waals surface area contributed by atoms with Gasteiger partial charge in [-0.15, -0.1) is 0 Å². The summed E-state index contributed by atoms with van der Waals surface area (Å²) in [6.07, 6.45) is 0.596. The SMILES string of the molecule is CCC[C@@H]1C/C(C(=O)O)=C(/C(=O)O)C[C@@H](CC)C/C(C(=O)O)=C\1C(=O)O. The molecule has 2 atom stereocenters. The number of hydrogen-bond donors (Lipinski definition) is 4. The maximum Gasteiger partial charge on any atom is 0.332 e. The van der Waals surface area contributed by atoms with Crippen molar-refractivity contribution in [3.63, 3.8) is 0 Å². The van der Waals surface area contributed by atoms with Crippen molar-refractivity contribution < 1.29 is 39.6 Å². The van der Waals surface area contributed by atoms with E-state index in [1.807, 2.05) is 0 Å². The molecule has 0 unspecified atom stereocenters. The van der Waals surface area contributed by atoms with E-state index in [9.17, 15) is 39.6 Å². The molecule has 0 aromatic carbocycles. The van der Waals surface area contributed by atoms with E-state index >= 15 is 0 Å². The summed E-state index contributed by atoms with van der Waals surface area (Å²) in [5.41, 5.74) is -1.20. The van der Waals surface area contributed by atoms with Crippen LogP contribution in [0.15, 0.2) is 22.3 Å². The molecule has 1 aliphatic carbocycles. The third-order valence-electron chi connectivity index (χ3n) is 4.75. The van der Waals surface area contributed by atoms with Gasteiger partial charge in [0.25, 0.3) is 0 Å². The van der Waals surface area contributed by atoms with E-state index in [0.29, 0.717) is 12.8 Å². The lowest BCUT2D eigenvalue weighted by atomic mass is 9.83. The van der Waals surface area contributed by atoms with Crippen LogP contribution in [0.4, 0.5) is 0 Å². The van der Waals surface area contributed by atoms with Gasteiger partial charge in [-0.05, 0) is 37.5 Å². The van der Waals surface area contributed by atoms with Crippen LogP contribution in [-0.2, 0) is 19.2 Å². The van der Waals surface area contributed by atoms with Crippen molar-refractivity contribution >= 4 is 23.9 Å². The van der Waals surface area contributed by atoms with E-state index in [0.717, 1.165) is 0 Å². The van der Waals surface area contributed by atoms with Crippen molar-refractivity contribution in [3.8, 4) is 0 Å². The van der Waals surface area contributed by atoms with Crippen molar-refractivity contribution in [1.82, 2.24) is 0 Å². The van der Waals surface area contributed by atoms with Crippen LogP contribution in [0.3, 0.4) is 0 Å². The molecule has 1 aliphatic rings. The van der Waals surface area contributed by atoms with Crippen LogP contribution in [-0.4, -0.2) is 44.3 Å². The first-order valence-corrected chi connectivity index (χ1v) is 8.52. The molecular weight excluding hydrogens is 344 g/mol. The Labute approximate surface area is 150 Å². The van der Waals surface area contributed by atoms with E-state index in [1.54, 1.807) is 13.8 Å². The molecule has 0 aromatic rings. The summed E-state index contributed by atoms with van der Waals surface area (Å²) in [6.45, 7) is 3.50. The topological polar surface area (TPSA) is 149 Å². The molecule has 8 nitrogen and oxygen atoms in total. The highest BCUT2D eigenvalue weighted by Crippen LogP contribution is 2.36. The maximum absolute atomic E-state index is 11.8. The van der Waals surface area contributed by atoms with Crippen molar-refractivity contribution in [2.24, 2.45) is 11.8 Å². The van der Waals surface area contributed by atoms with Gasteiger partial charge in [-0.3, -0.25) is 0 Å². The molecule has 0 aromatic heterocycles. The molecule has 26 heavy (non-hydrogen) atoms. The van der Waals surface area contributed by atoms with Gasteiger partial charge in [0, 0.05) is 16.7 Å². The second-order valence-corrected chi connectivity index (χ2v) is 6.44. The van der Waals surface area contributed by atoms with Crippen molar-refractivity contribution in [2.45, 2.75) is 52.4 Å². The second kappa shape index (κ2) is 9.17. The fraction of sp³-hybridized carbons (Fsp3) is 0.556. The number of aliphatic carboxylic acids is 4. The maximum atomic E-state index is 11.8. The minimum Gasteiger partial charge on any atom is -0.478 e. The summed E-state index contributed by atoms with van der Waals surface area (Å²) in [4.78, 5) is 46.9. The van der Waals surface area contributed by atoms with Gasteiger partial charge in [0.05, 0.1) is 5.57 Å². The predicted molar refractivity (Wildman–Crippen MR) is 90.6 cm³/mol. The fourth-order valence-corrected chi connectivity index (χ4v) is 3.42. The average molecular weight is 368 g/mol. The summed E-state index contributed by atoms with van der Waals surface area (Å²) < 4.78 is 0. The first kappa shape index (κ1) is 21.4. The third-order valence-corrected chi connectivity index (χ3v) is 4.75. The molecule has 0 saturated carbocycles. The lowest BCUT2D eigenvalue weighted by molar-refractivity contribution is -0.137. The molecule has 0 radical (unpaired) electrons. The Hall–Kier alpha value is -2.64. The third kappa shape index (κ3) is 4.93. The lowest BCUT2D eigenvalue weighted by Crippen LogP contribution is -2.21. The molecule has 0 spiro atoms. The largest absolute Gasteiger partial charge is 0.478 e. The van der Waals surface area contributed by atoms with Gasteiger partial charge in [0.15, 0.2) is 0 Å². The molecule has 1 rings (SSSR count).